The fourth-order valence-corrected chi connectivity index (χ4v) is 3.36. The van der Waals surface area contributed by atoms with Gasteiger partial charge in [-0.15, -0.1) is 24.0 Å². The van der Waals surface area contributed by atoms with Gasteiger partial charge in [-0.2, -0.15) is 0 Å². The van der Waals surface area contributed by atoms with Crippen LogP contribution in [0, 0.1) is 11.3 Å². The molecule has 1 N–H and O–H groups in total. The van der Waals surface area contributed by atoms with Gasteiger partial charge in [-0.25, -0.2) is 0 Å². The predicted octanol–water partition coefficient (Wildman–Crippen LogP) is 4.20. The Bertz CT molecular complexity index is 533. The van der Waals surface area contributed by atoms with E-state index in [1.807, 2.05) is 0 Å². The monoisotopic (exact) mass is 473 g/mol. The smallest absolute Gasteiger partial charge is 0.193 e. The molecule has 0 radical (unpaired) electrons. The Balaban J connectivity index is 0.00000338. The molecule has 0 amide bonds. The van der Waals surface area contributed by atoms with Crippen molar-refractivity contribution in [3.8, 4) is 0 Å². The number of rotatable bonds is 8. The molecule has 1 saturated heterocycles. The summed E-state index contributed by atoms with van der Waals surface area (Å²) in [6.07, 6.45) is 2.24. The topological polar surface area (TPSA) is 36.9 Å². The lowest BCUT2D eigenvalue weighted by atomic mass is 9.86. The van der Waals surface area contributed by atoms with E-state index < -0.39 is 0 Å². The van der Waals surface area contributed by atoms with Gasteiger partial charge in [-0.3, -0.25) is 4.99 Å². The molecule has 2 rings (SSSR count). The van der Waals surface area contributed by atoms with E-state index in [1.165, 1.54) is 12.0 Å². The van der Waals surface area contributed by atoms with E-state index in [2.05, 4.69) is 68.2 Å². The van der Waals surface area contributed by atoms with Crippen LogP contribution < -0.4 is 5.32 Å². The van der Waals surface area contributed by atoms with Crippen molar-refractivity contribution in [1.29, 1.82) is 0 Å². The second-order valence-corrected chi connectivity index (χ2v) is 7.76. The minimum Gasteiger partial charge on any atom is -0.381 e. The molecule has 148 valence electrons. The summed E-state index contributed by atoms with van der Waals surface area (Å²) in [5.74, 6) is 1.68. The van der Waals surface area contributed by atoms with Gasteiger partial charge >= 0.3 is 0 Å². The van der Waals surface area contributed by atoms with Crippen LogP contribution in [0.15, 0.2) is 35.3 Å². The summed E-state index contributed by atoms with van der Waals surface area (Å²) in [5.41, 5.74) is 1.53. The maximum absolute atomic E-state index is 5.60. The fourth-order valence-electron chi connectivity index (χ4n) is 3.36. The highest BCUT2D eigenvalue weighted by Gasteiger charge is 2.26. The summed E-state index contributed by atoms with van der Waals surface area (Å²) in [7, 11) is 0. The van der Waals surface area contributed by atoms with Crippen molar-refractivity contribution < 1.29 is 4.74 Å². The zero-order chi connectivity index (χ0) is 18.1. The standard InChI is InChI=1S/C21H35N3O.HI/c1-5-22-20(24-13-12-19(15-24)16-25-6-2)23-17-21(3,4)14-18-10-8-7-9-11-18;/h7-11,19H,5-6,12-17H2,1-4H3,(H,22,23);1H. The summed E-state index contributed by atoms with van der Waals surface area (Å²) in [5, 5.41) is 3.47. The predicted molar refractivity (Wildman–Crippen MR) is 121 cm³/mol. The van der Waals surface area contributed by atoms with Gasteiger partial charge in [0, 0.05) is 38.7 Å². The molecule has 0 aromatic heterocycles. The summed E-state index contributed by atoms with van der Waals surface area (Å²) >= 11 is 0. The van der Waals surface area contributed by atoms with Gasteiger partial charge in [0.25, 0.3) is 0 Å². The van der Waals surface area contributed by atoms with E-state index in [0.29, 0.717) is 5.92 Å². The van der Waals surface area contributed by atoms with Gasteiger partial charge in [0.2, 0.25) is 0 Å². The number of benzene rings is 1. The Morgan fingerprint density at radius 3 is 2.65 bits per heavy atom. The van der Waals surface area contributed by atoms with Crippen molar-refractivity contribution >= 4 is 29.9 Å². The molecule has 26 heavy (non-hydrogen) atoms. The van der Waals surface area contributed by atoms with Crippen molar-refractivity contribution in [2.75, 3.05) is 39.4 Å². The summed E-state index contributed by atoms with van der Waals surface area (Å²) in [4.78, 5) is 7.36. The number of guanidine groups is 1. The van der Waals surface area contributed by atoms with E-state index in [4.69, 9.17) is 9.73 Å². The van der Waals surface area contributed by atoms with Crippen LogP contribution in [0.3, 0.4) is 0 Å². The lowest BCUT2D eigenvalue weighted by Gasteiger charge is -2.26. The first kappa shape index (κ1) is 23.2. The molecule has 1 aliphatic heterocycles. The maximum Gasteiger partial charge on any atom is 0.193 e. The van der Waals surface area contributed by atoms with Gasteiger partial charge in [-0.1, -0.05) is 44.2 Å². The Morgan fingerprint density at radius 1 is 1.27 bits per heavy atom. The molecule has 1 aliphatic rings. The molecular formula is C21H36IN3O. The second-order valence-electron chi connectivity index (χ2n) is 7.76. The van der Waals surface area contributed by atoms with Crippen molar-refractivity contribution in [1.82, 2.24) is 10.2 Å². The normalized spacial score (nSPS) is 17.9. The SMILES string of the molecule is CCNC(=NCC(C)(C)Cc1ccccc1)N1CCC(COCC)C1.I. The van der Waals surface area contributed by atoms with Crippen molar-refractivity contribution in [3.05, 3.63) is 35.9 Å². The third-order valence-corrected chi connectivity index (χ3v) is 4.66. The van der Waals surface area contributed by atoms with Crippen LogP contribution in [-0.2, 0) is 11.2 Å². The van der Waals surface area contributed by atoms with E-state index >= 15 is 0 Å². The van der Waals surface area contributed by atoms with Crippen LogP contribution in [0.25, 0.3) is 0 Å². The molecule has 5 heteroatoms. The van der Waals surface area contributed by atoms with Crippen LogP contribution >= 0.6 is 24.0 Å². The van der Waals surface area contributed by atoms with Crippen LogP contribution in [0.4, 0.5) is 0 Å². The van der Waals surface area contributed by atoms with Gasteiger partial charge in [0.1, 0.15) is 0 Å². The Hall–Kier alpha value is -0.820. The first-order valence-electron chi connectivity index (χ1n) is 9.69. The van der Waals surface area contributed by atoms with Crippen LogP contribution in [0.2, 0.25) is 0 Å². The molecule has 0 bridgehead atoms. The Kier molecular flexibility index (Phi) is 10.5. The molecule has 4 nitrogen and oxygen atoms in total. The highest BCUT2D eigenvalue weighted by atomic mass is 127. The van der Waals surface area contributed by atoms with Gasteiger partial charge < -0.3 is 15.0 Å². The highest BCUT2D eigenvalue weighted by Crippen LogP contribution is 2.23. The van der Waals surface area contributed by atoms with Crippen LogP contribution in [-0.4, -0.2) is 50.3 Å². The van der Waals surface area contributed by atoms with Crippen molar-refractivity contribution in [2.45, 2.75) is 40.5 Å². The summed E-state index contributed by atoms with van der Waals surface area (Å²) in [6, 6.07) is 10.7. The quantitative estimate of drug-likeness (QED) is 0.350. The van der Waals surface area contributed by atoms with Crippen molar-refractivity contribution in [2.24, 2.45) is 16.3 Å². The van der Waals surface area contributed by atoms with Gasteiger partial charge in [-0.05, 0) is 37.7 Å². The number of likely N-dealkylation sites (tertiary alicyclic amines) is 1. The molecule has 1 aromatic rings. The molecule has 1 aromatic carbocycles. The lowest BCUT2D eigenvalue weighted by molar-refractivity contribution is 0.114. The molecule has 1 unspecified atom stereocenters. The van der Waals surface area contributed by atoms with E-state index in [0.717, 1.165) is 51.8 Å². The number of hydrogen-bond acceptors (Lipinski definition) is 2. The number of aliphatic imine (C=N–C) groups is 1. The fraction of sp³-hybridized carbons (Fsp3) is 0.667. The maximum atomic E-state index is 5.60. The largest absolute Gasteiger partial charge is 0.381 e. The Labute approximate surface area is 176 Å². The van der Waals surface area contributed by atoms with Crippen molar-refractivity contribution in [3.63, 3.8) is 0 Å². The number of ether oxygens (including phenoxy) is 1. The number of halogens is 1. The average Bonchev–Trinajstić information content (AvgIpc) is 3.06. The third-order valence-electron chi connectivity index (χ3n) is 4.66. The second kappa shape index (κ2) is 11.8. The molecule has 0 saturated carbocycles. The number of nitrogens with zero attached hydrogens (tertiary/aromatic N) is 2. The molecule has 1 fully saturated rings. The summed E-state index contributed by atoms with van der Waals surface area (Å²) in [6.45, 7) is 14.3. The van der Waals surface area contributed by atoms with Crippen LogP contribution in [0.1, 0.15) is 39.7 Å². The Morgan fingerprint density at radius 2 is 2.00 bits per heavy atom. The molecule has 0 spiro atoms. The minimum absolute atomic E-state index is 0. The minimum atomic E-state index is 0. The van der Waals surface area contributed by atoms with E-state index in [9.17, 15) is 0 Å². The summed E-state index contributed by atoms with van der Waals surface area (Å²) < 4.78 is 5.60. The highest BCUT2D eigenvalue weighted by molar-refractivity contribution is 14.0. The first-order chi connectivity index (χ1) is 12.0. The van der Waals surface area contributed by atoms with E-state index in [1.54, 1.807) is 0 Å². The van der Waals surface area contributed by atoms with E-state index in [-0.39, 0.29) is 29.4 Å². The molecule has 1 atom stereocenters. The number of nitrogens with one attached hydrogen (secondary N) is 1. The average molecular weight is 473 g/mol. The van der Waals surface area contributed by atoms with Gasteiger partial charge in [0.05, 0.1) is 6.61 Å². The first-order valence-corrected chi connectivity index (χ1v) is 9.69. The zero-order valence-electron chi connectivity index (χ0n) is 16.8. The number of hydrogen-bond donors (Lipinski definition) is 1. The zero-order valence-corrected chi connectivity index (χ0v) is 19.2. The molecule has 0 aliphatic carbocycles. The van der Waals surface area contributed by atoms with Gasteiger partial charge in [0.15, 0.2) is 5.96 Å². The molecule has 1 heterocycles. The third kappa shape index (κ3) is 7.82. The lowest BCUT2D eigenvalue weighted by Crippen LogP contribution is -2.41. The molecular weight excluding hydrogens is 437 g/mol. The van der Waals surface area contributed by atoms with Crippen LogP contribution in [0.5, 0.6) is 0 Å².